The average Bonchev–Trinajstić information content (AvgIpc) is 2.73. The quantitative estimate of drug-likeness (QED) is 0.756. The molecule has 1 aliphatic heterocycles. The molecule has 0 bridgehead atoms. The second-order valence-corrected chi connectivity index (χ2v) is 4.48. The molecule has 0 spiro atoms. The Balaban J connectivity index is 2.03. The maximum Gasteiger partial charge on any atom is 0.125 e. The summed E-state index contributed by atoms with van der Waals surface area (Å²) < 4.78 is 13.1. The topological polar surface area (TPSA) is 27.8 Å². The summed E-state index contributed by atoms with van der Waals surface area (Å²) in [6.45, 7) is 2.15. The molecule has 2 aromatic rings. The van der Waals surface area contributed by atoms with E-state index in [1.807, 2.05) is 12.3 Å². The molecule has 2 heterocycles. The molecule has 84 valence electrons. The molecule has 0 saturated carbocycles. The lowest BCUT2D eigenvalue weighted by molar-refractivity contribution is 0.463. The number of halogens is 1. The Bertz CT molecular complexity index is 498. The predicted octanol–water partition coefficient (Wildman–Crippen LogP) is 2.77. The van der Waals surface area contributed by atoms with Gasteiger partial charge in [0.05, 0.1) is 0 Å². The van der Waals surface area contributed by atoms with Crippen LogP contribution in [0.5, 0.6) is 0 Å². The minimum Gasteiger partial charge on any atom is -0.361 e. The van der Waals surface area contributed by atoms with Crippen LogP contribution in [-0.2, 0) is 0 Å². The van der Waals surface area contributed by atoms with Crippen LogP contribution < -0.4 is 5.32 Å². The molecule has 2 N–H and O–H groups in total. The summed E-state index contributed by atoms with van der Waals surface area (Å²) in [6.07, 6.45) is 4.47. The van der Waals surface area contributed by atoms with Gasteiger partial charge in [0.2, 0.25) is 0 Å². The van der Waals surface area contributed by atoms with Crippen LogP contribution in [-0.4, -0.2) is 18.1 Å². The number of rotatable bonds is 1. The van der Waals surface area contributed by atoms with Gasteiger partial charge in [0.25, 0.3) is 0 Å². The summed E-state index contributed by atoms with van der Waals surface area (Å²) in [5.41, 5.74) is 2.22. The van der Waals surface area contributed by atoms with E-state index in [9.17, 15) is 4.39 Å². The highest BCUT2D eigenvalue weighted by Crippen LogP contribution is 2.30. The smallest absolute Gasteiger partial charge is 0.125 e. The number of H-pyrrole nitrogens is 1. The first-order valence-electron chi connectivity index (χ1n) is 5.82. The summed E-state index contributed by atoms with van der Waals surface area (Å²) in [5, 5.41) is 4.57. The van der Waals surface area contributed by atoms with Gasteiger partial charge in [-0.25, -0.2) is 4.39 Å². The molecule has 1 fully saturated rings. The van der Waals surface area contributed by atoms with Crippen molar-refractivity contribution in [2.75, 3.05) is 13.1 Å². The first-order valence-corrected chi connectivity index (χ1v) is 5.82. The molecule has 3 heteroatoms. The molecular formula is C13H15FN2. The molecule has 0 radical (unpaired) electrons. The van der Waals surface area contributed by atoms with Crippen molar-refractivity contribution in [3.05, 3.63) is 35.8 Å². The number of hydrogen-bond donors (Lipinski definition) is 2. The van der Waals surface area contributed by atoms with Gasteiger partial charge in [-0.15, -0.1) is 0 Å². The van der Waals surface area contributed by atoms with Gasteiger partial charge in [0.1, 0.15) is 5.82 Å². The largest absolute Gasteiger partial charge is 0.361 e. The Kier molecular flexibility index (Phi) is 2.40. The van der Waals surface area contributed by atoms with E-state index in [1.165, 1.54) is 24.5 Å². The fraction of sp³-hybridized carbons (Fsp3) is 0.385. The van der Waals surface area contributed by atoms with E-state index in [0.29, 0.717) is 5.92 Å². The number of benzene rings is 1. The van der Waals surface area contributed by atoms with Crippen LogP contribution in [0.15, 0.2) is 24.4 Å². The van der Waals surface area contributed by atoms with Gasteiger partial charge in [-0.1, -0.05) is 0 Å². The molecule has 0 amide bonds. The van der Waals surface area contributed by atoms with Gasteiger partial charge >= 0.3 is 0 Å². The molecular weight excluding hydrogens is 203 g/mol. The highest BCUT2D eigenvalue weighted by atomic mass is 19.1. The van der Waals surface area contributed by atoms with E-state index in [1.54, 1.807) is 6.07 Å². The number of piperidine rings is 1. The molecule has 3 rings (SSSR count). The number of hydrogen-bond acceptors (Lipinski definition) is 1. The number of aromatic amines is 1. The Hall–Kier alpha value is -1.35. The molecule has 16 heavy (non-hydrogen) atoms. The zero-order valence-electron chi connectivity index (χ0n) is 9.09. The maximum absolute atomic E-state index is 13.1. The average molecular weight is 218 g/mol. The Morgan fingerprint density at radius 1 is 1.31 bits per heavy atom. The van der Waals surface area contributed by atoms with Crippen LogP contribution in [0, 0.1) is 5.82 Å². The lowest BCUT2D eigenvalue weighted by Crippen LogP contribution is -2.28. The van der Waals surface area contributed by atoms with Gasteiger partial charge in [0, 0.05) is 23.6 Å². The molecule has 0 aliphatic carbocycles. The van der Waals surface area contributed by atoms with Crippen LogP contribution in [0.3, 0.4) is 0 Å². The first-order chi connectivity index (χ1) is 7.84. The molecule has 1 aromatic carbocycles. The molecule has 0 unspecified atom stereocenters. The van der Waals surface area contributed by atoms with Crippen LogP contribution in [0.2, 0.25) is 0 Å². The van der Waals surface area contributed by atoms with E-state index in [0.717, 1.165) is 24.0 Å². The minimum absolute atomic E-state index is 0.178. The molecule has 1 saturated heterocycles. The van der Waals surface area contributed by atoms with E-state index in [-0.39, 0.29) is 5.82 Å². The predicted molar refractivity (Wildman–Crippen MR) is 63.1 cm³/mol. The Morgan fingerprint density at radius 2 is 2.25 bits per heavy atom. The molecule has 2 nitrogen and oxygen atoms in total. The molecule has 1 aromatic heterocycles. The van der Waals surface area contributed by atoms with Gasteiger partial charge < -0.3 is 10.3 Å². The standard InChI is InChI=1S/C13H15FN2/c14-10-3-4-11-12(8-16-13(11)6-10)9-2-1-5-15-7-9/h3-4,6,8-9,15-16H,1-2,5,7H2/t9-/m0/s1. The normalized spacial score (nSPS) is 21.4. The van der Waals surface area contributed by atoms with Crippen LogP contribution in [0.4, 0.5) is 4.39 Å². The SMILES string of the molecule is Fc1ccc2c([C@H]3CCCNC3)c[nH]c2c1. The van der Waals surface area contributed by atoms with Gasteiger partial charge in [-0.3, -0.25) is 0 Å². The summed E-state index contributed by atoms with van der Waals surface area (Å²) in [6, 6.07) is 4.98. The zero-order valence-corrected chi connectivity index (χ0v) is 9.09. The van der Waals surface area contributed by atoms with E-state index < -0.39 is 0 Å². The van der Waals surface area contributed by atoms with E-state index in [4.69, 9.17) is 0 Å². The summed E-state index contributed by atoms with van der Waals surface area (Å²) in [7, 11) is 0. The first kappa shape index (κ1) is 9.85. The fourth-order valence-electron chi connectivity index (χ4n) is 2.58. The van der Waals surface area contributed by atoms with Crippen LogP contribution in [0.25, 0.3) is 10.9 Å². The summed E-state index contributed by atoms with van der Waals surface area (Å²) >= 11 is 0. The van der Waals surface area contributed by atoms with Gasteiger partial charge in [-0.05, 0) is 49.1 Å². The van der Waals surface area contributed by atoms with Gasteiger partial charge in [0.15, 0.2) is 0 Å². The number of fused-ring (bicyclic) bond motifs is 1. The summed E-state index contributed by atoms with van der Waals surface area (Å²) in [5.74, 6) is 0.385. The Labute approximate surface area is 93.9 Å². The van der Waals surface area contributed by atoms with Crippen molar-refractivity contribution in [2.45, 2.75) is 18.8 Å². The number of aromatic nitrogens is 1. The van der Waals surface area contributed by atoms with E-state index >= 15 is 0 Å². The van der Waals surface area contributed by atoms with Crippen molar-refractivity contribution >= 4 is 10.9 Å². The third-order valence-corrected chi connectivity index (χ3v) is 3.41. The zero-order chi connectivity index (χ0) is 11.0. The van der Waals surface area contributed by atoms with Crippen molar-refractivity contribution in [1.82, 2.24) is 10.3 Å². The fourth-order valence-corrected chi connectivity index (χ4v) is 2.58. The van der Waals surface area contributed by atoms with Crippen LogP contribution >= 0.6 is 0 Å². The third kappa shape index (κ3) is 1.61. The summed E-state index contributed by atoms with van der Waals surface area (Å²) in [4.78, 5) is 3.16. The minimum atomic E-state index is -0.178. The lowest BCUT2D eigenvalue weighted by Gasteiger charge is -2.22. The van der Waals surface area contributed by atoms with Crippen molar-refractivity contribution in [3.63, 3.8) is 0 Å². The maximum atomic E-state index is 13.1. The molecule has 1 aliphatic rings. The second kappa shape index (κ2) is 3.91. The Morgan fingerprint density at radius 3 is 3.06 bits per heavy atom. The number of nitrogens with one attached hydrogen (secondary N) is 2. The van der Waals surface area contributed by atoms with Crippen molar-refractivity contribution in [3.8, 4) is 0 Å². The van der Waals surface area contributed by atoms with Crippen molar-refractivity contribution in [2.24, 2.45) is 0 Å². The van der Waals surface area contributed by atoms with E-state index in [2.05, 4.69) is 10.3 Å². The third-order valence-electron chi connectivity index (χ3n) is 3.41. The monoisotopic (exact) mass is 218 g/mol. The second-order valence-electron chi connectivity index (χ2n) is 4.48. The lowest BCUT2D eigenvalue weighted by atomic mass is 9.91. The molecule has 1 atom stereocenters. The highest BCUT2D eigenvalue weighted by molar-refractivity contribution is 5.83. The van der Waals surface area contributed by atoms with Crippen LogP contribution in [0.1, 0.15) is 24.3 Å². The van der Waals surface area contributed by atoms with Crippen molar-refractivity contribution < 1.29 is 4.39 Å². The van der Waals surface area contributed by atoms with Crippen molar-refractivity contribution in [1.29, 1.82) is 0 Å². The highest BCUT2D eigenvalue weighted by Gasteiger charge is 2.18. The van der Waals surface area contributed by atoms with Gasteiger partial charge in [-0.2, -0.15) is 0 Å².